The van der Waals surface area contributed by atoms with Gasteiger partial charge in [0.05, 0.1) is 53.0 Å². The molecule has 0 aromatic heterocycles. The molecule has 3 atom stereocenters. The van der Waals surface area contributed by atoms with E-state index in [1.165, 1.54) is 14.2 Å². The molecule has 7 nitrogen and oxygen atoms in total. The van der Waals surface area contributed by atoms with Crippen LogP contribution in [0.3, 0.4) is 0 Å². The number of allylic oxidation sites excluding steroid dienone is 1. The first-order valence-corrected chi connectivity index (χ1v) is 9.19. The maximum absolute atomic E-state index is 12.4. The van der Waals surface area contributed by atoms with Crippen LogP contribution in [0.25, 0.3) is 5.57 Å². The fraction of sp³-hybridized carbons (Fsp3) is 0.524. The zero-order valence-corrected chi connectivity index (χ0v) is 16.9. The Labute approximate surface area is 164 Å². The molecule has 28 heavy (non-hydrogen) atoms. The molecule has 1 heterocycles. The molecule has 2 aliphatic rings. The Hall–Kier alpha value is -2.54. The Bertz CT molecular complexity index is 811. The van der Waals surface area contributed by atoms with Crippen molar-refractivity contribution in [3.05, 3.63) is 28.8 Å². The van der Waals surface area contributed by atoms with E-state index in [1.807, 2.05) is 19.1 Å². The lowest BCUT2D eigenvalue weighted by Gasteiger charge is -2.33. The molecule has 0 radical (unpaired) electrons. The van der Waals surface area contributed by atoms with Crippen LogP contribution >= 0.6 is 0 Å². The number of hydrogen-bond donors (Lipinski definition) is 0. The number of methoxy groups -OCH3 is 4. The van der Waals surface area contributed by atoms with Gasteiger partial charge in [-0.3, -0.25) is 9.59 Å². The predicted molar refractivity (Wildman–Crippen MR) is 101 cm³/mol. The zero-order chi connectivity index (χ0) is 20.4. The van der Waals surface area contributed by atoms with E-state index in [0.29, 0.717) is 30.9 Å². The van der Waals surface area contributed by atoms with E-state index in [9.17, 15) is 9.59 Å². The molecule has 0 bridgehead atoms. The lowest BCUT2D eigenvalue weighted by molar-refractivity contribution is -0.157. The number of rotatable bonds is 4. The van der Waals surface area contributed by atoms with Gasteiger partial charge in [-0.1, -0.05) is 0 Å². The van der Waals surface area contributed by atoms with Crippen molar-refractivity contribution in [2.45, 2.75) is 32.5 Å². The Kier molecular flexibility index (Phi) is 5.93. The van der Waals surface area contributed by atoms with Crippen LogP contribution in [-0.4, -0.2) is 46.5 Å². The van der Waals surface area contributed by atoms with Crippen LogP contribution in [0.15, 0.2) is 17.7 Å². The quantitative estimate of drug-likeness (QED) is 0.731. The molecule has 7 heteroatoms. The number of hydrogen-bond acceptors (Lipinski definition) is 7. The maximum Gasteiger partial charge on any atom is 0.309 e. The Morgan fingerprint density at radius 2 is 1.50 bits per heavy atom. The summed E-state index contributed by atoms with van der Waals surface area (Å²) in [6.45, 7) is 2.36. The first kappa shape index (κ1) is 20.2. The van der Waals surface area contributed by atoms with Crippen molar-refractivity contribution in [2.24, 2.45) is 11.8 Å². The summed E-state index contributed by atoms with van der Waals surface area (Å²) in [6.07, 6.45) is 0.569. The van der Waals surface area contributed by atoms with Crippen LogP contribution in [0.2, 0.25) is 0 Å². The molecule has 152 valence electrons. The largest absolute Gasteiger partial charge is 0.493 e. The van der Waals surface area contributed by atoms with Gasteiger partial charge in [-0.05, 0) is 54.2 Å². The average molecular weight is 390 g/mol. The first-order chi connectivity index (χ1) is 13.4. The molecule has 0 amide bonds. The van der Waals surface area contributed by atoms with Crippen LogP contribution in [0, 0.1) is 11.8 Å². The average Bonchev–Trinajstić information content (AvgIpc) is 2.86. The molecule has 1 aromatic carbocycles. The highest BCUT2D eigenvalue weighted by molar-refractivity contribution is 5.87. The van der Waals surface area contributed by atoms with E-state index in [0.717, 1.165) is 22.3 Å². The number of fused-ring (bicyclic) bond motifs is 2. The van der Waals surface area contributed by atoms with Gasteiger partial charge in [0.2, 0.25) is 0 Å². The first-order valence-electron chi connectivity index (χ1n) is 9.19. The summed E-state index contributed by atoms with van der Waals surface area (Å²) in [6, 6.07) is 3.81. The van der Waals surface area contributed by atoms with Gasteiger partial charge in [-0.15, -0.1) is 0 Å². The third kappa shape index (κ3) is 3.46. The summed E-state index contributed by atoms with van der Waals surface area (Å²) in [4.78, 5) is 24.8. The van der Waals surface area contributed by atoms with Gasteiger partial charge >= 0.3 is 11.9 Å². The van der Waals surface area contributed by atoms with E-state index in [1.54, 1.807) is 14.2 Å². The second-order valence-electron chi connectivity index (χ2n) is 6.99. The van der Waals surface area contributed by atoms with Gasteiger partial charge in [0.1, 0.15) is 0 Å². The molecular formula is C21H26O7. The summed E-state index contributed by atoms with van der Waals surface area (Å²) in [5, 5.41) is 0. The summed E-state index contributed by atoms with van der Waals surface area (Å²) in [5.41, 5.74) is 3.90. The van der Waals surface area contributed by atoms with Crippen molar-refractivity contribution in [1.82, 2.24) is 0 Å². The van der Waals surface area contributed by atoms with Crippen LogP contribution in [0.5, 0.6) is 11.5 Å². The minimum Gasteiger partial charge on any atom is -0.493 e. The summed E-state index contributed by atoms with van der Waals surface area (Å²) in [5.74, 6) is -0.805. The molecule has 1 aliphatic heterocycles. The highest BCUT2D eigenvalue weighted by atomic mass is 16.5. The predicted octanol–water partition coefficient (Wildman–Crippen LogP) is 2.75. The maximum atomic E-state index is 12.4. The van der Waals surface area contributed by atoms with Gasteiger partial charge in [-0.25, -0.2) is 0 Å². The van der Waals surface area contributed by atoms with Gasteiger partial charge in [-0.2, -0.15) is 0 Å². The smallest absolute Gasteiger partial charge is 0.309 e. The molecular weight excluding hydrogens is 364 g/mol. The Balaban J connectivity index is 2.15. The number of ether oxygens (including phenoxy) is 5. The minimum absolute atomic E-state index is 0.190. The fourth-order valence-corrected chi connectivity index (χ4v) is 4.12. The molecule has 0 saturated carbocycles. The van der Waals surface area contributed by atoms with E-state index in [4.69, 9.17) is 23.7 Å². The number of carbonyl (C=O) groups excluding carboxylic acids is 2. The number of benzene rings is 1. The minimum atomic E-state index is -0.609. The van der Waals surface area contributed by atoms with Gasteiger partial charge in [0.25, 0.3) is 0 Å². The van der Waals surface area contributed by atoms with Crippen molar-refractivity contribution in [3.63, 3.8) is 0 Å². The van der Waals surface area contributed by atoms with Crippen molar-refractivity contribution in [3.8, 4) is 11.5 Å². The Morgan fingerprint density at radius 1 is 0.929 bits per heavy atom. The molecule has 1 aliphatic carbocycles. The second kappa shape index (κ2) is 8.22. The van der Waals surface area contributed by atoms with Crippen LogP contribution < -0.4 is 9.47 Å². The van der Waals surface area contributed by atoms with Crippen LogP contribution in [0.1, 0.15) is 30.9 Å². The summed E-state index contributed by atoms with van der Waals surface area (Å²) < 4.78 is 26.8. The highest BCUT2D eigenvalue weighted by Crippen LogP contribution is 2.46. The fourth-order valence-electron chi connectivity index (χ4n) is 4.12. The molecule has 0 fully saturated rings. The summed E-state index contributed by atoms with van der Waals surface area (Å²) in [7, 11) is 5.84. The normalized spacial score (nSPS) is 23.8. The van der Waals surface area contributed by atoms with E-state index in [-0.39, 0.29) is 6.10 Å². The van der Waals surface area contributed by atoms with Crippen LogP contribution in [0.4, 0.5) is 0 Å². The molecule has 3 rings (SSSR count). The van der Waals surface area contributed by atoms with Crippen molar-refractivity contribution in [2.75, 3.05) is 28.4 Å². The molecule has 1 aromatic rings. The lowest BCUT2D eigenvalue weighted by atomic mass is 9.72. The SMILES string of the molecule is COC(=O)[C@H]1CC2=C(C[C@@H]1C(=O)OC)C(C)OCc1cc(OC)c(OC)cc12. The third-order valence-electron chi connectivity index (χ3n) is 5.66. The van der Waals surface area contributed by atoms with Gasteiger partial charge in [0, 0.05) is 0 Å². The van der Waals surface area contributed by atoms with E-state index < -0.39 is 23.8 Å². The number of esters is 2. The lowest BCUT2D eigenvalue weighted by Crippen LogP contribution is -2.36. The second-order valence-corrected chi connectivity index (χ2v) is 6.99. The van der Waals surface area contributed by atoms with E-state index in [2.05, 4.69) is 0 Å². The third-order valence-corrected chi connectivity index (χ3v) is 5.66. The number of carbonyl (C=O) groups is 2. The van der Waals surface area contributed by atoms with E-state index >= 15 is 0 Å². The zero-order valence-electron chi connectivity index (χ0n) is 16.9. The Morgan fingerprint density at radius 3 is 2.07 bits per heavy atom. The molecule has 1 unspecified atom stereocenters. The molecule has 0 N–H and O–H groups in total. The van der Waals surface area contributed by atoms with Gasteiger partial charge in [0.15, 0.2) is 11.5 Å². The summed E-state index contributed by atoms with van der Waals surface area (Å²) >= 11 is 0. The molecule has 0 spiro atoms. The van der Waals surface area contributed by atoms with Crippen molar-refractivity contribution in [1.29, 1.82) is 0 Å². The monoisotopic (exact) mass is 390 g/mol. The standard InChI is InChI=1S/C21H26O7/c1-11-13-7-16(20(22)26-4)17(21(23)27-5)8-15(13)14-9-19(25-3)18(24-2)6-12(14)10-28-11/h6,9,11,16-17H,7-8,10H2,1-5H3/t11?,16-,17-/m0/s1. The molecule has 0 saturated heterocycles. The van der Waals surface area contributed by atoms with Crippen molar-refractivity contribution < 1.29 is 33.3 Å². The highest BCUT2D eigenvalue weighted by Gasteiger charge is 2.43. The topological polar surface area (TPSA) is 80.3 Å². The van der Waals surface area contributed by atoms with Crippen molar-refractivity contribution >= 4 is 17.5 Å². The van der Waals surface area contributed by atoms with Crippen LogP contribution in [-0.2, 0) is 30.4 Å². The van der Waals surface area contributed by atoms with Gasteiger partial charge < -0.3 is 23.7 Å².